The molecule has 1 aromatic carbocycles. The van der Waals surface area contributed by atoms with Crippen molar-refractivity contribution in [1.82, 2.24) is 20.4 Å². The summed E-state index contributed by atoms with van der Waals surface area (Å²) in [4.78, 5) is 10.3. The molecule has 0 bridgehead atoms. The molecule has 32 heavy (non-hydrogen) atoms. The summed E-state index contributed by atoms with van der Waals surface area (Å²) in [7, 11) is 3.99. The summed E-state index contributed by atoms with van der Waals surface area (Å²) in [5, 5.41) is 7.02. The molecule has 2 aliphatic heterocycles. The number of aliphatic imine (C=N–C) groups is 1. The minimum absolute atomic E-state index is 0. The van der Waals surface area contributed by atoms with Crippen LogP contribution in [0.1, 0.15) is 50.2 Å². The molecular formula is C25H44IN5O. The Hall–Kier alpha value is -1.06. The first-order chi connectivity index (χ1) is 15.1. The molecule has 0 atom stereocenters. The Morgan fingerprint density at radius 1 is 1.09 bits per heavy atom. The number of aryl methyl sites for hydroxylation is 1. The van der Waals surface area contributed by atoms with Crippen LogP contribution in [0.15, 0.2) is 23.2 Å². The van der Waals surface area contributed by atoms with E-state index < -0.39 is 0 Å². The largest absolute Gasteiger partial charge is 0.496 e. The lowest BCUT2D eigenvalue weighted by Gasteiger charge is -2.49. The summed E-state index contributed by atoms with van der Waals surface area (Å²) in [5.41, 5.74) is 2.72. The van der Waals surface area contributed by atoms with Crippen molar-refractivity contribution in [3.05, 3.63) is 29.3 Å². The van der Waals surface area contributed by atoms with Crippen LogP contribution in [0.5, 0.6) is 5.75 Å². The van der Waals surface area contributed by atoms with Gasteiger partial charge >= 0.3 is 0 Å². The maximum absolute atomic E-state index is 5.54. The lowest BCUT2D eigenvalue weighted by atomic mass is 9.84. The maximum atomic E-state index is 5.54. The molecule has 0 radical (unpaired) electrons. The Bertz CT molecular complexity index is 712. The molecule has 6 nitrogen and oxygen atoms in total. The smallest absolute Gasteiger partial charge is 0.191 e. The van der Waals surface area contributed by atoms with Crippen LogP contribution in [-0.2, 0) is 6.42 Å². The van der Waals surface area contributed by atoms with Crippen molar-refractivity contribution in [1.29, 1.82) is 0 Å². The topological polar surface area (TPSA) is 52.1 Å². The minimum Gasteiger partial charge on any atom is -0.496 e. The number of nitrogens with zero attached hydrogens (tertiary/aromatic N) is 3. The van der Waals surface area contributed by atoms with Crippen LogP contribution in [0.25, 0.3) is 0 Å². The Morgan fingerprint density at radius 2 is 1.81 bits per heavy atom. The zero-order valence-electron chi connectivity index (χ0n) is 20.6. The normalized spacial score (nSPS) is 19.8. The predicted molar refractivity (Wildman–Crippen MR) is 146 cm³/mol. The second kappa shape index (κ2) is 13.6. The first kappa shape index (κ1) is 27.2. The van der Waals surface area contributed by atoms with Gasteiger partial charge in [-0.25, -0.2) is 0 Å². The van der Waals surface area contributed by atoms with Crippen LogP contribution in [0.3, 0.4) is 0 Å². The van der Waals surface area contributed by atoms with Gasteiger partial charge in [-0.05, 0) is 90.8 Å². The van der Waals surface area contributed by atoms with Crippen LogP contribution in [0, 0.1) is 6.92 Å². The van der Waals surface area contributed by atoms with E-state index >= 15 is 0 Å². The van der Waals surface area contributed by atoms with Crippen LogP contribution in [0.2, 0.25) is 0 Å². The van der Waals surface area contributed by atoms with E-state index in [0.717, 1.165) is 37.8 Å². The number of benzene rings is 1. The number of guanidine groups is 1. The molecule has 2 heterocycles. The number of ether oxygens (including phenoxy) is 1. The van der Waals surface area contributed by atoms with Gasteiger partial charge < -0.3 is 20.3 Å². The van der Waals surface area contributed by atoms with E-state index in [9.17, 15) is 0 Å². The summed E-state index contributed by atoms with van der Waals surface area (Å²) in [6.45, 7) is 11.7. The van der Waals surface area contributed by atoms with Gasteiger partial charge in [-0.15, -0.1) is 24.0 Å². The summed E-state index contributed by atoms with van der Waals surface area (Å²) in [6.07, 6.45) is 7.38. The van der Waals surface area contributed by atoms with Crippen LogP contribution >= 0.6 is 24.0 Å². The third-order valence-corrected chi connectivity index (χ3v) is 6.94. The second-order valence-corrected chi connectivity index (χ2v) is 9.26. The van der Waals surface area contributed by atoms with E-state index in [1.807, 2.05) is 0 Å². The van der Waals surface area contributed by atoms with Gasteiger partial charge in [-0.3, -0.25) is 9.89 Å². The van der Waals surface area contributed by atoms with Gasteiger partial charge in [0, 0.05) is 18.6 Å². The molecule has 2 aliphatic rings. The quantitative estimate of drug-likeness (QED) is 0.290. The molecule has 3 rings (SSSR count). The first-order valence-corrected chi connectivity index (χ1v) is 12.2. The van der Waals surface area contributed by atoms with Crippen molar-refractivity contribution < 1.29 is 4.74 Å². The lowest BCUT2D eigenvalue weighted by Crippen LogP contribution is -2.58. The van der Waals surface area contributed by atoms with Gasteiger partial charge in [-0.2, -0.15) is 0 Å². The second-order valence-electron chi connectivity index (χ2n) is 9.26. The fraction of sp³-hybridized carbons (Fsp3) is 0.720. The van der Waals surface area contributed by atoms with Crippen molar-refractivity contribution in [3.63, 3.8) is 0 Å². The van der Waals surface area contributed by atoms with Crippen molar-refractivity contribution in [2.24, 2.45) is 4.99 Å². The van der Waals surface area contributed by atoms with Crippen LogP contribution in [-0.4, -0.2) is 81.3 Å². The van der Waals surface area contributed by atoms with Crippen molar-refractivity contribution in [2.75, 3.05) is 60.0 Å². The Kier molecular flexibility index (Phi) is 11.6. The molecule has 182 valence electrons. The van der Waals surface area contributed by atoms with E-state index in [4.69, 9.17) is 9.73 Å². The van der Waals surface area contributed by atoms with E-state index in [2.05, 4.69) is 59.5 Å². The van der Waals surface area contributed by atoms with Gasteiger partial charge in [0.25, 0.3) is 0 Å². The molecule has 7 heteroatoms. The third-order valence-electron chi connectivity index (χ3n) is 6.94. The van der Waals surface area contributed by atoms with E-state index in [1.54, 1.807) is 7.11 Å². The van der Waals surface area contributed by atoms with E-state index in [-0.39, 0.29) is 29.5 Å². The number of nitrogens with one attached hydrogen (secondary N) is 2. The summed E-state index contributed by atoms with van der Waals surface area (Å²) in [5.74, 6) is 1.90. The van der Waals surface area contributed by atoms with Crippen LogP contribution < -0.4 is 15.4 Å². The highest BCUT2D eigenvalue weighted by Crippen LogP contribution is 2.31. The number of hydrogen-bond acceptors (Lipinski definition) is 4. The van der Waals surface area contributed by atoms with E-state index in [0.29, 0.717) is 0 Å². The average Bonchev–Trinajstić information content (AvgIpc) is 2.79. The molecule has 1 aromatic rings. The third kappa shape index (κ3) is 7.48. The van der Waals surface area contributed by atoms with Crippen molar-refractivity contribution in [2.45, 2.75) is 57.9 Å². The number of likely N-dealkylation sites (tertiary alicyclic amines) is 2. The van der Waals surface area contributed by atoms with Gasteiger partial charge in [-0.1, -0.05) is 24.1 Å². The fourth-order valence-corrected chi connectivity index (χ4v) is 4.96. The maximum Gasteiger partial charge on any atom is 0.191 e. The van der Waals surface area contributed by atoms with Gasteiger partial charge in [0.2, 0.25) is 0 Å². The molecule has 0 saturated carbocycles. The fourth-order valence-electron chi connectivity index (χ4n) is 4.96. The molecule has 0 aromatic heterocycles. The standard InChI is InChI=1S/C25H43N5O.HI/c1-5-26-24(27-14-11-22-19-21(2)9-10-23(22)31-4)28-20-25(12-17-29(3)18-13-25)30-15-7-6-8-16-30;/h9-10,19H,5-8,11-18,20H2,1-4H3,(H2,26,27,28);1H. The molecule has 2 fully saturated rings. The molecule has 0 spiro atoms. The number of piperidine rings is 2. The molecule has 0 aliphatic carbocycles. The molecular weight excluding hydrogens is 513 g/mol. The minimum atomic E-state index is 0. The molecule has 2 N–H and O–H groups in total. The first-order valence-electron chi connectivity index (χ1n) is 12.2. The average molecular weight is 558 g/mol. The monoisotopic (exact) mass is 557 g/mol. The Morgan fingerprint density at radius 3 is 2.47 bits per heavy atom. The Labute approximate surface area is 212 Å². The van der Waals surface area contributed by atoms with Crippen molar-refractivity contribution in [3.8, 4) is 5.75 Å². The highest BCUT2D eigenvalue weighted by Gasteiger charge is 2.39. The molecule has 0 amide bonds. The van der Waals surface area contributed by atoms with Gasteiger partial charge in [0.15, 0.2) is 5.96 Å². The van der Waals surface area contributed by atoms with Crippen molar-refractivity contribution >= 4 is 29.9 Å². The van der Waals surface area contributed by atoms with Gasteiger partial charge in [0.1, 0.15) is 5.75 Å². The zero-order valence-corrected chi connectivity index (χ0v) is 22.9. The number of halogens is 1. The number of hydrogen-bond donors (Lipinski definition) is 2. The summed E-state index contributed by atoms with van der Waals surface area (Å²) < 4.78 is 5.54. The predicted octanol–water partition coefficient (Wildman–Crippen LogP) is 3.67. The molecule has 0 unspecified atom stereocenters. The number of methoxy groups -OCH3 is 1. The highest BCUT2D eigenvalue weighted by atomic mass is 127. The number of rotatable bonds is 8. The SMILES string of the molecule is CCNC(=NCC1(N2CCCCC2)CCN(C)CC1)NCCc1cc(C)ccc1OC.I. The molecule has 2 saturated heterocycles. The van der Waals surface area contributed by atoms with Crippen LogP contribution in [0.4, 0.5) is 0 Å². The zero-order chi connectivity index (χ0) is 22.1. The highest BCUT2D eigenvalue weighted by molar-refractivity contribution is 14.0. The Balaban J connectivity index is 0.00000363. The summed E-state index contributed by atoms with van der Waals surface area (Å²) in [6, 6.07) is 6.38. The summed E-state index contributed by atoms with van der Waals surface area (Å²) >= 11 is 0. The van der Waals surface area contributed by atoms with E-state index in [1.165, 1.54) is 69.4 Å². The lowest BCUT2D eigenvalue weighted by molar-refractivity contribution is 0.0208. The van der Waals surface area contributed by atoms with Gasteiger partial charge in [0.05, 0.1) is 13.7 Å².